The standard InChI is InChI=1S/C19H28N2O5/c1-12(14-7-8-15-16(11-14)25-10-6-9-24-15)20-17(22)13(2)21-18(23)26-19(3,4)5/h7-8,11-13H,6,9-10H2,1-5H3,(H,20,22)(H,21,23). The Balaban J connectivity index is 1.94. The fourth-order valence-electron chi connectivity index (χ4n) is 2.42. The van der Waals surface area contributed by atoms with Crippen LogP contribution in [0.25, 0.3) is 0 Å². The molecule has 7 heteroatoms. The minimum absolute atomic E-state index is 0.248. The number of alkyl carbamates (subject to hydrolysis) is 1. The highest BCUT2D eigenvalue weighted by atomic mass is 16.6. The van der Waals surface area contributed by atoms with E-state index in [1.807, 2.05) is 25.1 Å². The van der Waals surface area contributed by atoms with Gasteiger partial charge in [0.25, 0.3) is 0 Å². The van der Waals surface area contributed by atoms with Gasteiger partial charge in [0, 0.05) is 6.42 Å². The van der Waals surface area contributed by atoms with Gasteiger partial charge in [-0.05, 0) is 52.3 Å². The number of nitrogens with one attached hydrogen (secondary N) is 2. The Labute approximate surface area is 154 Å². The van der Waals surface area contributed by atoms with Gasteiger partial charge in [-0.2, -0.15) is 0 Å². The SMILES string of the molecule is CC(NC(=O)OC(C)(C)C)C(=O)NC(C)c1ccc2c(c1)OCCCO2. The lowest BCUT2D eigenvalue weighted by molar-refractivity contribution is -0.123. The molecule has 2 amide bonds. The first kappa shape index (κ1) is 19.9. The summed E-state index contributed by atoms with van der Waals surface area (Å²) in [7, 11) is 0. The molecule has 0 aromatic heterocycles. The second-order valence-electron chi connectivity index (χ2n) is 7.35. The third kappa shape index (κ3) is 5.82. The topological polar surface area (TPSA) is 85.9 Å². The molecule has 1 aliphatic heterocycles. The molecule has 1 aliphatic rings. The van der Waals surface area contributed by atoms with Gasteiger partial charge in [-0.15, -0.1) is 0 Å². The lowest BCUT2D eigenvalue weighted by Crippen LogP contribution is -2.47. The number of hydrogen-bond acceptors (Lipinski definition) is 5. The van der Waals surface area contributed by atoms with Crippen LogP contribution in [0.1, 0.15) is 52.6 Å². The number of carbonyl (C=O) groups excluding carboxylic acids is 2. The zero-order valence-corrected chi connectivity index (χ0v) is 16.0. The zero-order chi connectivity index (χ0) is 19.3. The van der Waals surface area contributed by atoms with E-state index in [1.54, 1.807) is 27.7 Å². The Hall–Kier alpha value is -2.44. The van der Waals surface area contributed by atoms with Gasteiger partial charge in [0.1, 0.15) is 11.6 Å². The van der Waals surface area contributed by atoms with Crippen LogP contribution in [0.2, 0.25) is 0 Å². The Morgan fingerprint density at radius 2 is 1.73 bits per heavy atom. The normalized spacial score (nSPS) is 16.0. The number of benzene rings is 1. The van der Waals surface area contributed by atoms with E-state index >= 15 is 0 Å². The molecule has 26 heavy (non-hydrogen) atoms. The smallest absolute Gasteiger partial charge is 0.408 e. The zero-order valence-electron chi connectivity index (χ0n) is 16.0. The van der Waals surface area contributed by atoms with Crippen LogP contribution in [0, 0.1) is 0 Å². The lowest BCUT2D eigenvalue weighted by atomic mass is 10.1. The quantitative estimate of drug-likeness (QED) is 0.858. The molecule has 144 valence electrons. The van der Waals surface area contributed by atoms with Crippen LogP contribution in [0.15, 0.2) is 18.2 Å². The van der Waals surface area contributed by atoms with Crippen LogP contribution in [-0.4, -0.2) is 36.9 Å². The molecule has 0 aliphatic carbocycles. The molecule has 0 saturated carbocycles. The molecule has 0 bridgehead atoms. The Kier molecular flexibility index (Phi) is 6.34. The maximum atomic E-state index is 12.3. The lowest BCUT2D eigenvalue weighted by Gasteiger charge is -2.23. The second-order valence-corrected chi connectivity index (χ2v) is 7.35. The molecule has 1 aromatic carbocycles. The summed E-state index contributed by atoms with van der Waals surface area (Å²) < 4.78 is 16.5. The number of fused-ring (bicyclic) bond motifs is 1. The van der Waals surface area contributed by atoms with Crippen LogP contribution in [0.5, 0.6) is 11.5 Å². The van der Waals surface area contributed by atoms with Gasteiger partial charge in [-0.1, -0.05) is 6.07 Å². The van der Waals surface area contributed by atoms with Gasteiger partial charge in [0.2, 0.25) is 5.91 Å². The average Bonchev–Trinajstić information content (AvgIpc) is 2.77. The van der Waals surface area contributed by atoms with E-state index in [9.17, 15) is 9.59 Å². The van der Waals surface area contributed by atoms with E-state index in [2.05, 4.69) is 10.6 Å². The second kappa shape index (κ2) is 8.29. The van der Waals surface area contributed by atoms with Crippen molar-refractivity contribution in [2.75, 3.05) is 13.2 Å². The summed E-state index contributed by atoms with van der Waals surface area (Å²) in [6, 6.07) is 4.65. The molecule has 1 aromatic rings. The van der Waals surface area contributed by atoms with Crippen LogP contribution in [0.3, 0.4) is 0 Å². The molecule has 7 nitrogen and oxygen atoms in total. The number of amides is 2. The molecular weight excluding hydrogens is 336 g/mol. The number of ether oxygens (including phenoxy) is 3. The van der Waals surface area contributed by atoms with Gasteiger partial charge in [-0.25, -0.2) is 4.79 Å². The molecule has 0 radical (unpaired) electrons. The number of hydrogen-bond donors (Lipinski definition) is 2. The summed E-state index contributed by atoms with van der Waals surface area (Å²) in [5, 5.41) is 5.41. The highest BCUT2D eigenvalue weighted by Gasteiger charge is 2.22. The van der Waals surface area contributed by atoms with Crippen molar-refractivity contribution in [3.63, 3.8) is 0 Å². The highest BCUT2D eigenvalue weighted by Crippen LogP contribution is 2.32. The maximum absolute atomic E-state index is 12.3. The number of rotatable bonds is 4. The monoisotopic (exact) mass is 364 g/mol. The Morgan fingerprint density at radius 1 is 1.08 bits per heavy atom. The van der Waals surface area contributed by atoms with Gasteiger partial charge in [-0.3, -0.25) is 4.79 Å². The molecule has 2 atom stereocenters. The summed E-state index contributed by atoms with van der Waals surface area (Å²) in [4.78, 5) is 24.1. The fourth-order valence-corrected chi connectivity index (χ4v) is 2.42. The van der Waals surface area contributed by atoms with Gasteiger partial charge in [0.05, 0.1) is 19.3 Å². The predicted molar refractivity (Wildman–Crippen MR) is 97.4 cm³/mol. The Morgan fingerprint density at radius 3 is 2.38 bits per heavy atom. The first-order chi connectivity index (χ1) is 12.2. The molecule has 0 spiro atoms. The van der Waals surface area contributed by atoms with Crippen LogP contribution < -0.4 is 20.1 Å². The fraction of sp³-hybridized carbons (Fsp3) is 0.579. The molecule has 0 saturated heterocycles. The van der Waals surface area contributed by atoms with Crippen molar-refractivity contribution >= 4 is 12.0 Å². The minimum Gasteiger partial charge on any atom is -0.490 e. The van der Waals surface area contributed by atoms with E-state index in [1.165, 1.54) is 0 Å². The third-order valence-corrected chi connectivity index (χ3v) is 3.76. The third-order valence-electron chi connectivity index (χ3n) is 3.76. The highest BCUT2D eigenvalue weighted by molar-refractivity contribution is 5.85. The van der Waals surface area contributed by atoms with E-state index in [0.29, 0.717) is 24.7 Å². The van der Waals surface area contributed by atoms with Crippen LogP contribution >= 0.6 is 0 Å². The summed E-state index contributed by atoms with van der Waals surface area (Å²) in [6.45, 7) is 10.0. The maximum Gasteiger partial charge on any atom is 0.408 e. The summed E-state index contributed by atoms with van der Waals surface area (Å²) >= 11 is 0. The predicted octanol–water partition coefficient (Wildman–Crippen LogP) is 2.94. The van der Waals surface area contributed by atoms with Crippen molar-refractivity contribution in [2.24, 2.45) is 0 Å². The van der Waals surface area contributed by atoms with Gasteiger partial charge < -0.3 is 24.8 Å². The van der Waals surface area contributed by atoms with Crippen molar-refractivity contribution in [3.05, 3.63) is 23.8 Å². The first-order valence-corrected chi connectivity index (χ1v) is 8.85. The van der Waals surface area contributed by atoms with Crippen molar-refractivity contribution in [1.29, 1.82) is 0 Å². The van der Waals surface area contributed by atoms with Crippen LogP contribution in [-0.2, 0) is 9.53 Å². The summed E-state index contributed by atoms with van der Waals surface area (Å²) in [6.07, 6.45) is 0.216. The first-order valence-electron chi connectivity index (χ1n) is 8.85. The molecular formula is C19H28N2O5. The van der Waals surface area contributed by atoms with Crippen molar-refractivity contribution in [2.45, 2.75) is 58.7 Å². The summed E-state index contributed by atoms with van der Waals surface area (Å²) in [5.41, 5.74) is 0.282. The van der Waals surface area contributed by atoms with Crippen LogP contribution in [0.4, 0.5) is 4.79 Å². The Bertz CT molecular complexity index is 654. The van der Waals surface area contributed by atoms with E-state index in [4.69, 9.17) is 14.2 Å². The summed E-state index contributed by atoms with van der Waals surface area (Å²) in [5.74, 6) is 1.10. The van der Waals surface area contributed by atoms with Gasteiger partial charge >= 0.3 is 6.09 Å². The van der Waals surface area contributed by atoms with Gasteiger partial charge in [0.15, 0.2) is 11.5 Å². The minimum atomic E-state index is -0.715. The molecule has 2 unspecified atom stereocenters. The van der Waals surface area contributed by atoms with Crippen molar-refractivity contribution in [1.82, 2.24) is 10.6 Å². The van der Waals surface area contributed by atoms with E-state index in [0.717, 1.165) is 12.0 Å². The van der Waals surface area contributed by atoms with Crippen molar-refractivity contribution < 1.29 is 23.8 Å². The average molecular weight is 364 g/mol. The van der Waals surface area contributed by atoms with Crippen molar-refractivity contribution in [3.8, 4) is 11.5 Å². The van der Waals surface area contributed by atoms with E-state index in [-0.39, 0.29) is 11.9 Å². The molecule has 0 fully saturated rings. The molecule has 1 heterocycles. The number of carbonyl (C=O) groups is 2. The molecule has 2 N–H and O–H groups in total. The largest absolute Gasteiger partial charge is 0.490 e. The van der Waals surface area contributed by atoms with E-state index < -0.39 is 17.7 Å². The molecule has 2 rings (SSSR count).